The number of carbonyl (C=O) groups excluding carboxylic acids is 2. The van der Waals surface area contributed by atoms with Gasteiger partial charge in [-0.3, -0.25) is 4.79 Å². The van der Waals surface area contributed by atoms with E-state index >= 15 is 0 Å². The summed E-state index contributed by atoms with van der Waals surface area (Å²) in [5.41, 5.74) is 0.772. The van der Waals surface area contributed by atoms with Crippen LogP contribution in [0.3, 0.4) is 0 Å². The highest BCUT2D eigenvalue weighted by atomic mass is 35.5. The fourth-order valence-electron chi connectivity index (χ4n) is 2.74. The largest absolute Gasteiger partial charge is 0.459 e. The lowest BCUT2D eigenvalue weighted by atomic mass is 10.2. The molecule has 0 spiro atoms. The Bertz CT molecular complexity index is 580. The van der Waals surface area contributed by atoms with E-state index in [0.717, 1.165) is 12.0 Å². The second-order valence-corrected chi connectivity index (χ2v) is 7.25. The van der Waals surface area contributed by atoms with Crippen LogP contribution in [0, 0.1) is 0 Å². The van der Waals surface area contributed by atoms with Crippen molar-refractivity contribution < 1.29 is 14.3 Å². The molecular weight excluding hydrogens is 312 g/mol. The van der Waals surface area contributed by atoms with Crippen molar-refractivity contribution in [1.82, 2.24) is 9.88 Å². The van der Waals surface area contributed by atoms with E-state index in [1.54, 1.807) is 35.0 Å². The van der Waals surface area contributed by atoms with Crippen molar-refractivity contribution in [2.75, 3.05) is 5.75 Å². The first kappa shape index (κ1) is 14.7. The van der Waals surface area contributed by atoms with Crippen LogP contribution in [0.25, 0.3) is 0 Å². The normalized spacial score (nSPS) is 27.8. The standard InChI is InChI=1S/C14H15ClN2O3S/c1-14-5-4-12(18)17(14)10(8-21-14)13(19)20-7-9-2-3-11(15)16-6-9/h2-3,6,10H,4-5,7-8H2,1H3. The van der Waals surface area contributed by atoms with E-state index in [9.17, 15) is 9.59 Å². The lowest BCUT2D eigenvalue weighted by molar-refractivity contribution is -0.154. The molecule has 2 unspecified atom stereocenters. The minimum atomic E-state index is -0.477. The van der Waals surface area contributed by atoms with E-state index < -0.39 is 6.04 Å². The molecule has 0 aromatic carbocycles. The molecule has 0 aliphatic carbocycles. The minimum absolute atomic E-state index is 0.0395. The number of pyridine rings is 1. The number of carbonyl (C=O) groups is 2. The smallest absolute Gasteiger partial charge is 0.330 e. The van der Waals surface area contributed by atoms with Crippen molar-refractivity contribution in [2.24, 2.45) is 0 Å². The predicted octanol–water partition coefficient (Wildman–Crippen LogP) is 2.23. The zero-order chi connectivity index (χ0) is 15.0. The van der Waals surface area contributed by atoms with Gasteiger partial charge in [-0.05, 0) is 19.4 Å². The molecule has 0 N–H and O–H groups in total. The van der Waals surface area contributed by atoms with Gasteiger partial charge in [0, 0.05) is 23.9 Å². The first-order valence-electron chi connectivity index (χ1n) is 6.73. The maximum Gasteiger partial charge on any atom is 0.330 e. The number of esters is 1. The Morgan fingerprint density at radius 2 is 2.43 bits per heavy atom. The quantitative estimate of drug-likeness (QED) is 0.629. The molecule has 2 fully saturated rings. The zero-order valence-electron chi connectivity index (χ0n) is 11.5. The summed E-state index contributed by atoms with van der Waals surface area (Å²) in [6.45, 7) is 2.15. The first-order valence-corrected chi connectivity index (χ1v) is 8.09. The summed E-state index contributed by atoms with van der Waals surface area (Å²) in [4.78, 5) is 29.6. The lowest BCUT2D eigenvalue weighted by Crippen LogP contribution is -2.46. The van der Waals surface area contributed by atoms with Crippen LogP contribution < -0.4 is 0 Å². The van der Waals surface area contributed by atoms with Gasteiger partial charge in [0.25, 0.3) is 0 Å². The molecule has 3 rings (SSSR count). The summed E-state index contributed by atoms with van der Waals surface area (Å²) in [6.07, 6.45) is 2.87. The average Bonchev–Trinajstić information content (AvgIpc) is 2.95. The molecule has 0 bridgehead atoms. The third-order valence-corrected chi connectivity index (χ3v) is 5.62. The number of nitrogens with zero attached hydrogens (tertiary/aromatic N) is 2. The number of amides is 1. The number of thioether (sulfide) groups is 1. The van der Waals surface area contributed by atoms with Crippen LogP contribution in [0.2, 0.25) is 5.15 Å². The molecule has 1 aromatic heterocycles. The van der Waals surface area contributed by atoms with Crippen molar-refractivity contribution in [1.29, 1.82) is 0 Å². The van der Waals surface area contributed by atoms with Gasteiger partial charge < -0.3 is 9.64 Å². The van der Waals surface area contributed by atoms with Crippen LogP contribution in [0.4, 0.5) is 0 Å². The maximum atomic E-state index is 12.2. The molecule has 0 radical (unpaired) electrons. The van der Waals surface area contributed by atoms with Crippen molar-refractivity contribution in [3.05, 3.63) is 29.0 Å². The van der Waals surface area contributed by atoms with Gasteiger partial charge in [-0.25, -0.2) is 9.78 Å². The Morgan fingerprint density at radius 1 is 1.62 bits per heavy atom. The third kappa shape index (κ3) is 2.74. The molecule has 21 heavy (non-hydrogen) atoms. The van der Waals surface area contributed by atoms with Gasteiger partial charge in [-0.15, -0.1) is 11.8 Å². The van der Waals surface area contributed by atoms with Crippen molar-refractivity contribution in [3.63, 3.8) is 0 Å². The predicted molar refractivity (Wildman–Crippen MR) is 79.8 cm³/mol. The number of hydrogen-bond acceptors (Lipinski definition) is 5. The molecule has 1 aromatic rings. The van der Waals surface area contributed by atoms with E-state index in [0.29, 0.717) is 17.3 Å². The SMILES string of the molecule is CC12CCC(=O)N1C(C(=O)OCc1ccc(Cl)nc1)CS2. The highest BCUT2D eigenvalue weighted by Gasteiger charge is 2.53. The maximum absolute atomic E-state index is 12.2. The van der Waals surface area contributed by atoms with E-state index in [4.69, 9.17) is 16.3 Å². The van der Waals surface area contributed by atoms with Gasteiger partial charge in [0.15, 0.2) is 0 Å². The average molecular weight is 327 g/mol. The van der Waals surface area contributed by atoms with E-state index in [2.05, 4.69) is 4.98 Å². The summed E-state index contributed by atoms with van der Waals surface area (Å²) in [5.74, 6) is 0.286. The van der Waals surface area contributed by atoms with Gasteiger partial charge in [-0.1, -0.05) is 17.7 Å². The van der Waals surface area contributed by atoms with Crippen molar-refractivity contribution in [2.45, 2.75) is 37.3 Å². The molecule has 1 amide bonds. The van der Waals surface area contributed by atoms with Crippen molar-refractivity contribution >= 4 is 35.2 Å². The van der Waals surface area contributed by atoms with Crippen LogP contribution in [0.1, 0.15) is 25.3 Å². The number of fused-ring (bicyclic) bond motifs is 1. The molecule has 2 aliphatic rings. The molecule has 5 nitrogen and oxygen atoms in total. The first-order chi connectivity index (χ1) is 9.99. The lowest BCUT2D eigenvalue weighted by Gasteiger charge is -2.29. The molecule has 7 heteroatoms. The Kier molecular flexibility index (Phi) is 3.84. The zero-order valence-corrected chi connectivity index (χ0v) is 13.1. The fraction of sp³-hybridized carbons (Fsp3) is 0.500. The van der Waals surface area contributed by atoms with Gasteiger partial charge in [0.2, 0.25) is 5.91 Å². The highest BCUT2D eigenvalue weighted by molar-refractivity contribution is 8.01. The number of rotatable bonds is 3. The molecule has 2 aliphatic heterocycles. The minimum Gasteiger partial charge on any atom is -0.459 e. The summed E-state index contributed by atoms with van der Waals surface area (Å²) >= 11 is 7.36. The molecule has 0 saturated carbocycles. The Balaban J connectivity index is 1.63. The van der Waals surface area contributed by atoms with Crippen LogP contribution in [-0.2, 0) is 20.9 Å². The molecule has 2 atom stereocenters. The topological polar surface area (TPSA) is 59.5 Å². The number of aromatic nitrogens is 1. The van der Waals surface area contributed by atoms with Crippen molar-refractivity contribution in [3.8, 4) is 0 Å². The van der Waals surface area contributed by atoms with Gasteiger partial charge >= 0.3 is 5.97 Å². The Labute approximate surface area is 132 Å². The Morgan fingerprint density at radius 3 is 3.14 bits per heavy atom. The third-order valence-electron chi connectivity index (χ3n) is 3.89. The fourth-order valence-corrected chi connectivity index (χ4v) is 4.27. The van der Waals surface area contributed by atoms with Crippen LogP contribution in [0.5, 0.6) is 0 Å². The second kappa shape index (κ2) is 5.50. The van der Waals surface area contributed by atoms with Gasteiger partial charge in [-0.2, -0.15) is 0 Å². The molecular formula is C14H15ClN2O3S. The van der Waals surface area contributed by atoms with Crippen LogP contribution >= 0.6 is 23.4 Å². The van der Waals surface area contributed by atoms with Gasteiger partial charge in [0.1, 0.15) is 17.8 Å². The number of ether oxygens (including phenoxy) is 1. The monoisotopic (exact) mass is 326 g/mol. The summed E-state index contributed by atoms with van der Waals surface area (Å²) in [7, 11) is 0. The summed E-state index contributed by atoms with van der Waals surface area (Å²) in [6, 6.07) is 2.93. The van der Waals surface area contributed by atoms with E-state index in [1.807, 2.05) is 6.92 Å². The van der Waals surface area contributed by atoms with Crippen LogP contribution in [-0.4, -0.2) is 38.4 Å². The van der Waals surface area contributed by atoms with E-state index in [1.165, 1.54) is 0 Å². The molecule has 3 heterocycles. The summed E-state index contributed by atoms with van der Waals surface area (Å²) in [5, 5.41) is 0.399. The van der Waals surface area contributed by atoms with Gasteiger partial charge in [0.05, 0.1) is 4.87 Å². The number of halogens is 1. The molecule has 112 valence electrons. The van der Waals surface area contributed by atoms with E-state index in [-0.39, 0.29) is 23.4 Å². The second-order valence-electron chi connectivity index (χ2n) is 5.36. The number of hydrogen-bond donors (Lipinski definition) is 0. The highest BCUT2D eigenvalue weighted by Crippen LogP contribution is 2.47. The molecule has 2 saturated heterocycles. The summed E-state index contributed by atoms with van der Waals surface area (Å²) < 4.78 is 5.32. The Hall–Kier alpha value is -1.27. The van der Waals surface area contributed by atoms with Crippen LogP contribution in [0.15, 0.2) is 18.3 Å².